The SMILES string of the molecule is NCCc1ccccc1-c1nc(-c2ncccc2Br)no1. The molecule has 5 nitrogen and oxygen atoms in total. The Morgan fingerprint density at radius 2 is 2.00 bits per heavy atom. The standard InChI is InChI=1S/C15H13BrN4O/c16-12-6-3-9-18-13(12)14-19-15(21-20-14)11-5-2-1-4-10(11)7-8-17/h1-6,9H,7-8,17H2. The molecule has 0 bridgehead atoms. The molecule has 21 heavy (non-hydrogen) atoms. The van der Waals surface area contributed by atoms with Crippen LogP contribution in [0, 0.1) is 0 Å². The van der Waals surface area contributed by atoms with Crippen molar-refractivity contribution in [1.29, 1.82) is 0 Å². The fourth-order valence-corrected chi connectivity index (χ4v) is 2.51. The fraction of sp³-hybridized carbons (Fsp3) is 0.133. The van der Waals surface area contributed by atoms with Gasteiger partial charge in [0.05, 0.1) is 0 Å². The van der Waals surface area contributed by atoms with Crippen molar-refractivity contribution in [1.82, 2.24) is 15.1 Å². The highest BCUT2D eigenvalue weighted by Gasteiger charge is 2.15. The van der Waals surface area contributed by atoms with Crippen LogP contribution < -0.4 is 5.73 Å². The number of rotatable bonds is 4. The van der Waals surface area contributed by atoms with Crippen LogP contribution in [-0.2, 0) is 6.42 Å². The molecule has 2 heterocycles. The van der Waals surface area contributed by atoms with Crippen LogP contribution in [0.1, 0.15) is 5.56 Å². The van der Waals surface area contributed by atoms with E-state index in [2.05, 4.69) is 31.1 Å². The molecule has 0 aliphatic rings. The summed E-state index contributed by atoms with van der Waals surface area (Å²) in [5.41, 5.74) is 8.30. The molecule has 0 spiro atoms. The van der Waals surface area contributed by atoms with Crippen LogP contribution in [0.15, 0.2) is 51.6 Å². The molecule has 0 saturated heterocycles. The minimum absolute atomic E-state index is 0.458. The van der Waals surface area contributed by atoms with Gasteiger partial charge >= 0.3 is 0 Å². The third-order valence-corrected chi connectivity index (χ3v) is 3.70. The summed E-state index contributed by atoms with van der Waals surface area (Å²) in [4.78, 5) is 8.71. The second-order valence-corrected chi connectivity index (χ2v) is 5.31. The van der Waals surface area contributed by atoms with Crippen molar-refractivity contribution < 1.29 is 4.52 Å². The summed E-state index contributed by atoms with van der Waals surface area (Å²) in [7, 11) is 0. The zero-order valence-electron chi connectivity index (χ0n) is 11.2. The van der Waals surface area contributed by atoms with Crippen molar-refractivity contribution in [3.8, 4) is 23.0 Å². The van der Waals surface area contributed by atoms with Crippen LogP contribution in [0.2, 0.25) is 0 Å². The monoisotopic (exact) mass is 344 g/mol. The summed E-state index contributed by atoms with van der Waals surface area (Å²) in [6.45, 7) is 0.573. The van der Waals surface area contributed by atoms with E-state index in [1.165, 1.54) is 0 Å². The first kappa shape index (κ1) is 13.9. The van der Waals surface area contributed by atoms with Crippen LogP contribution >= 0.6 is 15.9 Å². The molecule has 0 atom stereocenters. The van der Waals surface area contributed by atoms with Gasteiger partial charge in [-0.05, 0) is 52.7 Å². The van der Waals surface area contributed by atoms with Crippen molar-refractivity contribution >= 4 is 15.9 Å². The van der Waals surface area contributed by atoms with Crippen LogP contribution in [0.4, 0.5) is 0 Å². The van der Waals surface area contributed by atoms with Gasteiger partial charge in [0, 0.05) is 16.2 Å². The first-order chi connectivity index (χ1) is 10.3. The van der Waals surface area contributed by atoms with Gasteiger partial charge in [-0.15, -0.1) is 0 Å². The third kappa shape index (κ3) is 2.86. The van der Waals surface area contributed by atoms with E-state index in [1.807, 2.05) is 36.4 Å². The summed E-state index contributed by atoms with van der Waals surface area (Å²) in [6, 6.07) is 11.6. The highest BCUT2D eigenvalue weighted by molar-refractivity contribution is 9.10. The number of hydrogen-bond donors (Lipinski definition) is 1. The third-order valence-electron chi connectivity index (χ3n) is 3.06. The molecule has 3 rings (SSSR count). The molecule has 0 unspecified atom stereocenters. The van der Waals surface area contributed by atoms with Gasteiger partial charge in [-0.3, -0.25) is 4.98 Å². The van der Waals surface area contributed by atoms with Crippen LogP contribution in [0.3, 0.4) is 0 Å². The van der Waals surface area contributed by atoms with Gasteiger partial charge in [-0.1, -0.05) is 23.4 Å². The van der Waals surface area contributed by atoms with Gasteiger partial charge < -0.3 is 10.3 Å². The van der Waals surface area contributed by atoms with E-state index in [0.717, 1.165) is 22.0 Å². The summed E-state index contributed by atoms with van der Waals surface area (Å²) < 4.78 is 6.21. The Hall–Kier alpha value is -2.05. The molecule has 1 aromatic carbocycles. The van der Waals surface area contributed by atoms with E-state index in [9.17, 15) is 0 Å². The molecule has 0 fully saturated rings. The van der Waals surface area contributed by atoms with Gasteiger partial charge in [-0.25, -0.2) is 0 Å². The molecule has 6 heteroatoms. The lowest BCUT2D eigenvalue weighted by molar-refractivity contribution is 0.431. The van der Waals surface area contributed by atoms with E-state index in [4.69, 9.17) is 10.3 Å². The van der Waals surface area contributed by atoms with Crippen LogP contribution in [-0.4, -0.2) is 21.7 Å². The number of halogens is 1. The molecule has 3 aromatic rings. The van der Waals surface area contributed by atoms with Crippen LogP contribution in [0.5, 0.6) is 0 Å². The zero-order valence-corrected chi connectivity index (χ0v) is 12.7. The highest BCUT2D eigenvalue weighted by Crippen LogP contribution is 2.27. The molecule has 0 aliphatic heterocycles. The highest BCUT2D eigenvalue weighted by atomic mass is 79.9. The first-order valence-corrected chi connectivity index (χ1v) is 7.32. The second-order valence-electron chi connectivity index (χ2n) is 4.45. The fourth-order valence-electron chi connectivity index (χ4n) is 2.08. The second kappa shape index (κ2) is 6.15. The molecule has 0 radical (unpaired) electrons. The van der Waals surface area contributed by atoms with E-state index in [0.29, 0.717) is 24.0 Å². The van der Waals surface area contributed by atoms with Crippen molar-refractivity contribution in [2.24, 2.45) is 5.73 Å². The Morgan fingerprint density at radius 3 is 2.81 bits per heavy atom. The Balaban J connectivity index is 2.01. The summed E-state index contributed by atoms with van der Waals surface area (Å²) in [5.74, 6) is 0.937. The Labute approximate surface area is 130 Å². The van der Waals surface area contributed by atoms with Crippen molar-refractivity contribution in [3.63, 3.8) is 0 Å². The van der Waals surface area contributed by atoms with Gasteiger partial charge in [0.1, 0.15) is 5.69 Å². The maximum absolute atomic E-state index is 5.64. The summed E-state index contributed by atoms with van der Waals surface area (Å²) in [6.07, 6.45) is 2.46. The largest absolute Gasteiger partial charge is 0.334 e. The Bertz CT molecular complexity index is 757. The van der Waals surface area contributed by atoms with Crippen molar-refractivity contribution in [2.45, 2.75) is 6.42 Å². The lowest BCUT2D eigenvalue weighted by Gasteiger charge is -2.03. The van der Waals surface area contributed by atoms with Gasteiger partial charge in [0.25, 0.3) is 5.89 Å². The molecule has 106 valence electrons. The van der Waals surface area contributed by atoms with Gasteiger partial charge in [0.2, 0.25) is 5.82 Å². The zero-order chi connectivity index (χ0) is 14.7. The molecule has 0 amide bonds. The number of benzene rings is 1. The van der Waals surface area contributed by atoms with E-state index >= 15 is 0 Å². The minimum atomic E-state index is 0.458. The molecule has 2 aromatic heterocycles. The van der Waals surface area contributed by atoms with Gasteiger partial charge in [0.15, 0.2) is 0 Å². The first-order valence-electron chi connectivity index (χ1n) is 6.52. The Kier molecular flexibility index (Phi) is 4.08. The minimum Gasteiger partial charge on any atom is -0.334 e. The number of pyridine rings is 1. The number of hydrogen-bond acceptors (Lipinski definition) is 5. The van der Waals surface area contributed by atoms with E-state index < -0.39 is 0 Å². The number of nitrogens with two attached hydrogens (primary N) is 1. The molecular weight excluding hydrogens is 332 g/mol. The average Bonchev–Trinajstić information content (AvgIpc) is 2.98. The van der Waals surface area contributed by atoms with E-state index in [-0.39, 0.29) is 0 Å². The lowest BCUT2D eigenvalue weighted by atomic mass is 10.0. The molecule has 0 saturated carbocycles. The number of nitrogens with zero attached hydrogens (tertiary/aromatic N) is 3. The van der Waals surface area contributed by atoms with Gasteiger partial charge in [-0.2, -0.15) is 4.98 Å². The summed E-state index contributed by atoms with van der Waals surface area (Å²) >= 11 is 3.44. The number of aromatic nitrogens is 3. The predicted octanol–water partition coefficient (Wildman–Crippen LogP) is 3.06. The summed E-state index contributed by atoms with van der Waals surface area (Å²) in [5, 5.41) is 4.02. The average molecular weight is 345 g/mol. The molecule has 2 N–H and O–H groups in total. The quantitative estimate of drug-likeness (QED) is 0.786. The maximum Gasteiger partial charge on any atom is 0.258 e. The molecular formula is C15H13BrN4O. The smallest absolute Gasteiger partial charge is 0.258 e. The molecule has 0 aliphatic carbocycles. The topological polar surface area (TPSA) is 77.8 Å². The maximum atomic E-state index is 5.64. The lowest BCUT2D eigenvalue weighted by Crippen LogP contribution is -2.03. The van der Waals surface area contributed by atoms with E-state index in [1.54, 1.807) is 6.20 Å². The predicted molar refractivity (Wildman–Crippen MR) is 83.4 cm³/mol. The normalized spacial score (nSPS) is 10.8. The van der Waals surface area contributed by atoms with Crippen molar-refractivity contribution in [3.05, 3.63) is 52.6 Å². The van der Waals surface area contributed by atoms with Crippen LogP contribution in [0.25, 0.3) is 23.0 Å². The van der Waals surface area contributed by atoms with Crippen molar-refractivity contribution in [2.75, 3.05) is 6.54 Å². The Morgan fingerprint density at radius 1 is 1.14 bits per heavy atom.